The van der Waals surface area contributed by atoms with Crippen LogP contribution in [0, 0.1) is 31.3 Å². The highest BCUT2D eigenvalue weighted by Gasteiger charge is 2.24. The normalized spacial score (nSPS) is 13.0. The Morgan fingerprint density at radius 3 is 2.32 bits per heavy atom. The Balaban J connectivity index is 1.79. The van der Waals surface area contributed by atoms with Gasteiger partial charge in [-0.1, -0.05) is 19.4 Å². The van der Waals surface area contributed by atoms with Crippen LogP contribution in [0.15, 0.2) is 59.9 Å². The molecule has 2 aromatic carbocycles. The van der Waals surface area contributed by atoms with Crippen molar-refractivity contribution in [1.29, 1.82) is 0 Å². The van der Waals surface area contributed by atoms with Crippen LogP contribution in [-0.4, -0.2) is 26.3 Å². The van der Waals surface area contributed by atoms with Crippen molar-refractivity contribution in [2.75, 3.05) is 7.11 Å². The van der Waals surface area contributed by atoms with Crippen molar-refractivity contribution in [3.8, 4) is 11.4 Å². The molecule has 2 unspecified atom stereocenters. The lowest BCUT2D eigenvalue weighted by Gasteiger charge is -2.23. The number of imidazole rings is 1. The molecule has 0 fully saturated rings. The van der Waals surface area contributed by atoms with Crippen LogP contribution in [0.25, 0.3) is 5.69 Å². The molecule has 0 saturated carbocycles. The Morgan fingerprint density at radius 2 is 1.73 bits per heavy atom. The third-order valence-electron chi connectivity index (χ3n) is 6.30. The van der Waals surface area contributed by atoms with E-state index in [4.69, 9.17) is 4.74 Å². The lowest BCUT2D eigenvalue weighted by atomic mass is 9.98. The van der Waals surface area contributed by atoms with E-state index in [0.717, 1.165) is 17.8 Å². The lowest BCUT2D eigenvalue weighted by Crippen LogP contribution is -2.30. The first-order valence-corrected chi connectivity index (χ1v) is 11.9. The summed E-state index contributed by atoms with van der Waals surface area (Å²) in [5.41, 5.74) is 2.34. The van der Waals surface area contributed by atoms with E-state index in [1.54, 1.807) is 48.3 Å². The second-order valence-electron chi connectivity index (χ2n) is 9.04. The molecule has 4 aromatic rings. The van der Waals surface area contributed by atoms with Crippen LogP contribution < -0.4 is 10.3 Å². The molecule has 2 aromatic heterocycles. The summed E-state index contributed by atoms with van der Waals surface area (Å²) in [6.45, 7) is 5.49. The standard InChI is InChI=1S/C28H28F3N3O3/c1-5-6-23(19-10-21(29)26(31)22(30)11-19)34-13-16(2)9-20(28(34)36)27(35)18-7-8-24(25(12-18)37-4)33-14-17(3)32-15-33/h7-15,23,27,35H,5-6H2,1-4H3. The van der Waals surface area contributed by atoms with Gasteiger partial charge in [0.2, 0.25) is 0 Å². The van der Waals surface area contributed by atoms with E-state index in [0.29, 0.717) is 35.4 Å². The molecular weight excluding hydrogens is 483 g/mol. The SMILES string of the molecule is CCCC(c1cc(F)c(F)c(F)c1)n1cc(C)cc(C(O)c2ccc(-n3cnc(C)c3)c(OC)c2)c1=O. The van der Waals surface area contributed by atoms with Gasteiger partial charge < -0.3 is 19.0 Å². The molecule has 0 saturated heterocycles. The fraction of sp³-hybridized carbons (Fsp3) is 0.286. The van der Waals surface area contributed by atoms with Gasteiger partial charge in [-0.05, 0) is 67.3 Å². The minimum Gasteiger partial charge on any atom is -0.495 e. The van der Waals surface area contributed by atoms with Gasteiger partial charge in [0.05, 0.1) is 36.4 Å². The Labute approximate surface area is 212 Å². The Morgan fingerprint density at radius 1 is 1.03 bits per heavy atom. The van der Waals surface area contributed by atoms with Crippen molar-refractivity contribution >= 4 is 0 Å². The van der Waals surface area contributed by atoms with Crippen molar-refractivity contribution in [2.45, 2.75) is 45.8 Å². The molecule has 0 aliphatic carbocycles. The molecule has 0 spiro atoms. The number of methoxy groups -OCH3 is 1. The van der Waals surface area contributed by atoms with Crippen LogP contribution in [0.5, 0.6) is 5.75 Å². The van der Waals surface area contributed by atoms with Gasteiger partial charge in [-0.25, -0.2) is 18.2 Å². The molecular formula is C28H28F3N3O3. The van der Waals surface area contributed by atoms with Crippen molar-refractivity contribution in [3.63, 3.8) is 0 Å². The largest absolute Gasteiger partial charge is 0.495 e. The summed E-state index contributed by atoms with van der Waals surface area (Å²) in [5, 5.41) is 11.3. The van der Waals surface area contributed by atoms with E-state index in [2.05, 4.69) is 4.98 Å². The maximum absolute atomic E-state index is 14.0. The van der Waals surface area contributed by atoms with Crippen LogP contribution in [0.4, 0.5) is 13.2 Å². The molecule has 37 heavy (non-hydrogen) atoms. The molecule has 0 radical (unpaired) electrons. The van der Waals surface area contributed by atoms with E-state index < -0.39 is 35.2 Å². The van der Waals surface area contributed by atoms with Crippen molar-refractivity contribution in [1.82, 2.24) is 14.1 Å². The minimum absolute atomic E-state index is 0.0948. The van der Waals surface area contributed by atoms with E-state index >= 15 is 0 Å². The second kappa shape index (κ2) is 10.6. The molecule has 9 heteroatoms. The van der Waals surface area contributed by atoms with E-state index in [1.165, 1.54) is 11.7 Å². The number of ether oxygens (including phenoxy) is 1. The van der Waals surface area contributed by atoms with Crippen LogP contribution in [-0.2, 0) is 0 Å². The van der Waals surface area contributed by atoms with Gasteiger partial charge in [0.1, 0.15) is 11.9 Å². The zero-order chi connectivity index (χ0) is 26.9. The van der Waals surface area contributed by atoms with Gasteiger partial charge in [0.15, 0.2) is 17.5 Å². The average molecular weight is 512 g/mol. The van der Waals surface area contributed by atoms with Gasteiger partial charge in [0, 0.05) is 12.4 Å². The number of hydrogen-bond donors (Lipinski definition) is 1. The van der Waals surface area contributed by atoms with Crippen molar-refractivity contribution < 1.29 is 23.0 Å². The first-order valence-electron chi connectivity index (χ1n) is 11.9. The minimum atomic E-state index is -1.56. The summed E-state index contributed by atoms with van der Waals surface area (Å²) < 4.78 is 50.3. The van der Waals surface area contributed by atoms with Crippen molar-refractivity contribution in [3.05, 3.63) is 111 Å². The highest BCUT2D eigenvalue weighted by atomic mass is 19.2. The topological polar surface area (TPSA) is 69.3 Å². The molecule has 1 N–H and O–H groups in total. The predicted molar refractivity (Wildman–Crippen MR) is 134 cm³/mol. The van der Waals surface area contributed by atoms with Crippen LogP contribution >= 0.6 is 0 Å². The van der Waals surface area contributed by atoms with E-state index in [-0.39, 0.29) is 11.1 Å². The number of hydrogen-bond acceptors (Lipinski definition) is 4. The highest BCUT2D eigenvalue weighted by Crippen LogP contribution is 2.31. The summed E-state index contributed by atoms with van der Waals surface area (Å²) in [6.07, 6.45) is 4.73. The number of rotatable bonds is 8. The number of nitrogens with zero attached hydrogens (tertiary/aromatic N) is 3. The monoisotopic (exact) mass is 511 g/mol. The summed E-state index contributed by atoms with van der Waals surface area (Å²) >= 11 is 0. The van der Waals surface area contributed by atoms with Gasteiger partial charge in [-0.3, -0.25) is 4.79 Å². The smallest absolute Gasteiger partial charge is 0.257 e. The molecule has 4 rings (SSSR count). The molecule has 2 atom stereocenters. The molecule has 0 aliphatic heterocycles. The second-order valence-corrected chi connectivity index (χ2v) is 9.04. The molecule has 0 amide bonds. The maximum atomic E-state index is 14.0. The Kier molecular flexibility index (Phi) is 7.54. The molecule has 0 aliphatic rings. The summed E-state index contributed by atoms with van der Waals surface area (Å²) in [5.74, 6) is -3.73. The summed E-state index contributed by atoms with van der Waals surface area (Å²) in [7, 11) is 1.51. The first kappa shape index (κ1) is 26.2. The van der Waals surface area contributed by atoms with Crippen molar-refractivity contribution in [2.24, 2.45) is 0 Å². The van der Waals surface area contributed by atoms with Gasteiger partial charge in [0.25, 0.3) is 5.56 Å². The van der Waals surface area contributed by atoms with Crippen LogP contribution in [0.2, 0.25) is 0 Å². The lowest BCUT2D eigenvalue weighted by molar-refractivity contribution is 0.216. The third kappa shape index (κ3) is 5.17. The first-order chi connectivity index (χ1) is 17.6. The van der Waals surface area contributed by atoms with E-state index in [1.807, 2.05) is 20.0 Å². The number of aliphatic hydroxyl groups is 1. The fourth-order valence-electron chi connectivity index (χ4n) is 4.52. The highest BCUT2D eigenvalue weighted by molar-refractivity contribution is 5.50. The number of aliphatic hydroxyl groups excluding tert-OH is 1. The molecule has 6 nitrogen and oxygen atoms in total. The predicted octanol–water partition coefficient (Wildman–Crippen LogP) is 5.55. The number of halogens is 3. The zero-order valence-corrected chi connectivity index (χ0v) is 21.0. The van der Waals surface area contributed by atoms with Crippen LogP contribution in [0.3, 0.4) is 0 Å². The van der Waals surface area contributed by atoms with Crippen LogP contribution in [0.1, 0.15) is 59.9 Å². The Bertz CT molecular complexity index is 1470. The fourth-order valence-corrected chi connectivity index (χ4v) is 4.52. The summed E-state index contributed by atoms with van der Waals surface area (Å²) in [6, 6.07) is 7.74. The molecule has 0 bridgehead atoms. The summed E-state index contributed by atoms with van der Waals surface area (Å²) in [4.78, 5) is 17.8. The number of benzene rings is 2. The quantitative estimate of drug-likeness (QED) is 0.315. The van der Waals surface area contributed by atoms with E-state index in [9.17, 15) is 23.1 Å². The van der Waals surface area contributed by atoms with Gasteiger partial charge >= 0.3 is 0 Å². The zero-order valence-electron chi connectivity index (χ0n) is 21.0. The maximum Gasteiger partial charge on any atom is 0.257 e. The Hall–Kier alpha value is -3.85. The number of aryl methyl sites for hydroxylation is 2. The van der Waals surface area contributed by atoms with Gasteiger partial charge in [-0.15, -0.1) is 0 Å². The average Bonchev–Trinajstić information content (AvgIpc) is 3.32. The number of aromatic nitrogens is 3. The number of pyridine rings is 1. The molecule has 194 valence electrons. The van der Waals surface area contributed by atoms with Gasteiger partial charge in [-0.2, -0.15) is 0 Å². The molecule has 2 heterocycles. The third-order valence-corrected chi connectivity index (χ3v) is 6.30.